The van der Waals surface area contributed by atoms with Gasteiger partial charge in [0.15, 0.2) is 5.78 Å². The van der Waals surface area contributed by atoms with Gasteiger partial charge in [-0.1, -0.05) is 23.2 Å². The zero-order chi connectivity index (χ0) is 16.8. The van der Waals surface area contributed by atoms with Crippen LogP contribution in [0.2, 0.25) is 10.0 Å². The van der Waals surface area contributed by atoms with Gasteiger partial charge in [-0.25, -0.2) is 0 Å². The predicted molar refractivity (Wildman–Crippen MR) is 94.6 cm³/mol. The summed E-state index contributed by atoms with van der Waals surface area (Å²) in [5.74, 6) is -0.142. The first kappa shape index (κ1) is 17.3. The van der Waals surface area contributed by atoms with E-state index in [9.17, 15) is 9.59 Å². The van der Waals surface area contributed by atoms with Crippen molar-refractivity contribution in [3.05, 3.63) is 58.1 Å². The summed E-state index contributed by atoms with van der Waals surface area (Å²) >= 11 is 11.9. The number of carbonyl (C=O) groups is 2. The molecule has 23 heavy (non-hydrogen) atoms. The molecule has 0 radical (unpaired) electrons. The number of hydrogen-bond acceptors (Lipinski definition) is 3. The molecular weight excluding hydrogens is 335 g/mol. The molecule has 0 atom stereocenters. The zero-order valence-electron chi connectivity index (χ0n) is 12.5. The third-order valence-corrected chi connectivity index (χ3v) is 3.74. The van der Waals surface area contributed by atoms with Crippen molar-refractivity contribution in [2.24, 2.45) is 0 Å². The Balaban J connectivity index is 1.83. The van der Waals surface area contributed by atoms with E-state index in [1.165, 1.54) is 6.92 Å². The largest absolute Gasteiger partial charge is 0.383 e. The van der Waals surface area contributed by atoms with Gasteiger partial charge < -0.3 is 10.6 Å². The van der Waals surface area contributed by atoms with E-state index in [0.717, 1.165) is 0 Å². The van der Waals surface area contributed by atoms with Gasteiger partial charge in [-0.3, -0.25) is 9.59 Å². The van der Waals surface area contributed by atoms with Crippen molar-refractivity contribution in [3.63, 3.8) is 0 Å². The summed E-state index contributed by atoms with van der Waals surface area (Å²) in [6, 6.07) is 11.9. The molecule has 0 fully saturated rings. The Hall–Kier alpha value is -2.04. The third kappa shape index (κ3) is 5.27. The summed E-state index contributed by atoms with van der Waals surface area (Å²) in [7, 11) is 0. The average molecular weight is 351 g/mol. The van der Waals surface area contributed by atoms with Crippen LogP contribution in [0.1, 0.15) is 23.7 Å². The number of amides is 1. The van der Waals surface area contributed by atoms with Gasteiger partial charge in [0.1, 0.15) is 0 Å². The highest BCUT2D eigenvalue weighted by Gasteiger charge is 2.05. The molecule has 2 aromatic carbocycles. The molecule has 0 saturated heterocycles. The second-order valence-electron chi connectivity index (χ2n) is 4.98. The molecule has 2 rings (SSSR count). The van der Waals surface area contributed by atoms with Gasteiger partial charge in [0.2, 0.25) is 5.91 Å². The molecule has 2 aromatic rings. The van der Waals surface area contributed by atoms with Crippen LogP contribution in [0.3, 0.4) is 0 Å². The standard InChI is InChI=1S/C17H16Cl2N2O2/c1-11(22)12-2-5-14(6-3-12)21-17(23)8-9-20-16-10-13(18)4-7-15(16)19/h2-7,10,20H,8-9H2,1H3,(H,21,23). The first-order valence-electron chi connectivity index (χ1n) is 7.05. The van der Waals surface area contributed by atoms with Gasteiger partial charge in [-0.05, 0) is 49.4 Å². The highest BCUT2D eigenvalue weighted by Crippen LogP contribution is 2.25. The third-order valence-electron chi connectivity index (χ3n) is 3.17. The number of carbonyl (C=O) groups excluding carboxylic acids is 2. The van der Waals surface area contributed by atoms with Crippen LogP contribution in [-0.4, -0.2) is 18.2 Å². The number of benzene rings is 2. The van der Waals surface area contributed by atoms with Crippen molar-refractivity contribution in [3.8, 4) is 0 Å². The monoisotopic (exact) mass is 350 g/mol. The molecule has 0 aliphatic rings. The molecule has 0 unspecified atom stereocenters. The highest BCUT2D eigenvalue weighted by molar-refractivity contribution is 6.35. The minimum Gasteiger partial charge on any atom is -0.383 e. The number of anilines is 2. The number of Topliss-reactive ketones (excluding diaryl/α,β-unsaturated/α-hetero) is 1. The van der Waals surface area contributed by atoms with Crippen LogP contribution in [0.25, 0.3) is 0 Å². The van der Waals surface area contributed by atoms with Crippen molar-refractivity contribution in [2.75, 3.05) is 17.2 Å². The van der Waals surface area contributed by atoms with Crippen molar-refractivity contribution >= 4 is 46.3 Å². The van der Waals surface area contributed by atoms with E-state index in [1.807, 2.05) is 0 Å². The SMILES string of the molecule is CC(=O)c1ccc(NC(=O)CCNc2cc(Cl)ccc2Cl)cc1. The topological polar surface area (TPSA) is 58.2 Å². The summed E-state index contributed by atoms with van der Waals surface area (Å²) < 4.78 is 0. The molecule has 0 bridgehead atoms. The summed E-state index contributed by atoms with van der Waals surface area (Å²) in [5.41, 5.74) is 1.96. The van der Waals surface area contributed by atoms with E-state index in [-0.39, 0.29) is 18.1 Å². The number of nitrogens with one attached hydrogen (secondary N) is 2. The second kappa shape index (κ2) is 7.99. The van der Waals surface area contributed by atoms with E-state index in [2.05, 4.69) is 10.6 Å². The van der Waals surface area contributed by atoms with E-state index >= 15 is 0 Å². The Kier molecular flexibility index (Phi) is 6.02. The second-order valence-corrected chi connectivity index (χ2v) is 5.83. The maximum Gasteiger partial charge on any atom is 0.226 e. The van der Waals surface area contributed by atoms with Crippen LogP contribution in [0.5, 0.6) is 0 Å². The Labute approximate surface area is 144 Å². The molecule has 0 aliphatic carbocycles. The Morgan fingerprint density at radius 2 is 1.74 bits per heavy atom. The average Bonchev–Trinajstić information content (AvgIpc) is 2.51. The van der Waals surface area contributed by atoms with Gasteiger partial charge >= 0.3 is 0 Å². The summed E-state index contributed by atoms with van der Waals surface area (Å²) in [4.78, 5) is 23.1. The fourth-order valence-electron chi connectivity index (χ4n) is 1.96. The molecule has 0 heterocycles. The first-order chi connectivity index (χ1) is 11.0. The van der Waals surface area contributed by atoms with E-state index in [0.29, 0.717) is 33.5 Å². The Bertz CT molecular complexity index is 715. The lowest BCUT2D eigenvalue weighted by atomic mass is 10.1. The van der Waals surface area contributed by atoms with Crippen LogP contribution in [0, 0.1) is 0 Å². The van der Waals surface area contributed by atoms with Crippen LogP contribution >= 0.6 is 23.2 Å². The lowest BCUT2D eigenvalue weighted by Gasteiger charge is -2.09. The van der Waals surface area contributed by atoms with Crippen LogP contribution in [0.15, 0.2) is 42.5 Å². The normalized spacial score (nSPS) is 10.2. The summed E-state index contributed by atoms with van der Waals surface area (Å²) in [6.07, 6.45) is 0.275. The van der Waals surface area contributed by atoms with Gasteiger partial charge in [0, 0.05) is 29.2 Å². The smallest absolute Gasteiger partial charge is 0.226 e. The molecule has 4 nitrogen and oxygen atoms in total. The van der Waals surface area contributed by atoms with Crippen LogP contribution in [-0.2, 0) is 4.79 Å². The van der Waals surface area contributed by atoms with Crippen LogP contribution in [0.4, 0.5) is 11.4 Å². The van der Waals surface area contributed by atoms with E-state index in [1.54, 1.807) is 42.5 Å². The molecule has 0 aromatic heterocycles. The maximum absolute atomic E-state index is 11.9. The summed E-state index contributed by atoms with van der Waals surface area (Å²) in [5, 5.41) is 6.97. The summed E-state index contributed by atoms with van der Waals surface area (Å²) in [6.45, 7) is 1.93. The van der Waals surface area contributed by atoms with E-state index < -0.39 is 0 Å². The minimum atomic E-state index is -0.133. The molecule has 0 saturated carbocycles. The molecule has 0 spiro atoms. The van der Waals surface area contributed by atoms with Gasteiger partial charge in [-0.15, -0.1) is 0 Å². The Morgan fingerprint density at radius 3 is 2.39 bits per heavy atom. The molecule has 120 valence electrons. The molecule has 1 amide bonds. The zero-order valence-corrected chi connectivity index (χ0v) is 14.0. The molecular formula is C17H16Cl2N2O2. The lowest BCUT2D eigenvalue weighted by molar-refractivity contribution is -0.115. The fraction of sp³-hybridized carbons (Fsp3) is 0.176. The molecule has 6 heteroatoms. The number of hydrogen-bond donors (Lipinski definition) is 2. The highest BCUT2D eigenvalue weighted by atomic mass is 35.5. The number of rotatable bonds is 6. The van der Waals surface area contributed by atoms with Gasteiger partial charge in [0.05, 0.1) is 10.7 Å². The minimum absolute atomic E-state index is 0.00882. The number of ketones is 1. The lowest BCUT2D eigenvalue weighted by Crippen LogP contribution is -2.16. The van der Waals surface area contributed by atoms with Gasteiger partial charge in [-0.2, -0.15) is 0 Å². The van der Waals surface area contributed by atoms with Crippen molar-refractivity contribution in [1.29, 1.82) is 0 Å². The van der Waals surface area contributed by atoms with Crippen molar-refractivity contribution < 1.29 is 9.59 Å². The maximum atomic E-state index is 11.9. The van der Waals surface area contributed by atoms with Crippen LogP contribution < -0.4 is 10.6 Å². The van der Waals surface area contributed by atoms with Crippen molar-refractivity contribution in [1.82, 2.24) is 0 Å². The van der Waals surface area contributed by atoms with E-state index in [4.69, 9.17) is 23.2 Å². The number of halogens is 2. The fourth-order valence-corrected chi connectivity index (χ4v) is 2.31. The molecule has 2 N–H and O–H groups in total. The molecule has 0 aliphatic heterocycles. The van der Waals surface area contributed by atoms with Gasteiger partial charge in [0.25, 0.3) is 0 Å². The Morgan fingerprint density at radius 1 is 1.04 bits per heavy atom. The predicted octanol–water partition coefficient (Wildman–Crippen LogP) is 4.64. The first-order valence-corrected chi connectivity index (χ1v) is 7.81. The quantitative estimate of drug-likeness (QED) is 0.746. The van der Waals surface area contributed by atoms with Crippen molar-refractivity contribution in [2.45, 2.75) is 13.3 Å².